The maximum Gasteiger partial charge on any atom is 0.0744 e. The molecule has 84 valence electrons. The van der Waals surface area contributed by atoms with Crippen molar-refractivity contribution in [1.29, 1.82) is 0 Å². The molecule has 0 saturated carbocycles. The van der Waals surface area contributed by atoms with E-state index in [2.05, 4.69) is 41.2 Å². The molecule has 1 N–H and O–H groups in total. The van der Waals surface area contributed by atoms with Crippen molar-refractivity contribution in [1.82, 2.24) is 0 Å². The average molecular weight is 272 g/mol. The summed E-state index contributed by atoms with van der Waals surface area (Å²) in [4.78, 5) is 0. The number of nitrogens with one attached hydrogen (secondary N) is 1. The van der Waals surface area contributed by atoms with Gasteiger partial charge < -0.3 is 10.1 Å². The quantitative estimate of drug-likeness (QED) is 0.880. The zero-order valence-corrected chi connectivity index (χ0v) is 11.1. The van der Waals surface area contributed by atoms with Gasteiger partial charge in [-0.1, -0.05) is 28.9 Å². The van der Waals surface area contributed by atoms with Gasteiger partial charge in [-0.25, -0.2) is 0 Å². The first-order chi connectivity index (χ1) is 7.19. The molecule has 0 amide bonds. The Morgan fingerprint density at radius 1 is 1.47 bits per heavy atom. The van der Waals surface area contributed by atoms with Gasteiger partial charge in [0, 0.05) is 28.9 Å². The van der Waals surface area contributed by atoms with Crippen LogP contribution in [0.5, 0.6) is 0 Å². The highest BCUT2D eigenvalue weighted by atomic mass is 79.9. The zero-order chi connectivity index (χ0) is 11.3. The molecule has 1 unspecified atom stereocenters. The van der Waals surface area contributed by atoms with Gasteiger partial charge in [-0.3, -0.25) is 0 Å². The number of anilines is 1. The fourth-order valence-corrected chi connectivity index (χ4v) is 1.83. The molecular formula is C12H18BrNO. The van der Waals surface area contributed by atoms with Crippen LogP contribution in [0.4, 0.5) is 5.69 Å². The fourth-order valence-electron chi connectivity index (χ4n) is 1.35. The van der Waals surface area contributed by atoms with E-state index >= 15 is 0 Å². The molecule has 1 aromatic rings. The normalized spacial score (nSPS) is 12.5. The molecule has 2 nitrogen and oxygen atoms in total. The van der Waals surface area contributed by atoms with Crippen molar-refractivity contribution in [2.45, 2.75) is 32.9 Å². The minimum absolute atomic E-state index is 0.481. The van der Waals surface area contributed by atoms with Crippen LogP contribution in [0.15, 0.2) is 22.7 Å². The molecule has 1 rings (SSSR count). The van der Waals surface area contributed by atoms with E-state index in [0.717, 1.165) is 16.6 Å². The lowest BCUT2D eigenvalue weighted by Crippen LogP contribution is -2.15. The first-order valence-corrected chi connectivity index (χ1v) is 6.01. The summed E-state index contributed by atoms with van der Waals surface area (Å²) in [6.45, 7) is 4.98. The van der Waals surface area contributed by atoms with Crippen molar-refractivity contribution < 1.29 is 4.74 Å². The van der Waals surface area contributed by atoms with Crippen LogP contribution in [0.2, 0.25) is 0 Å². The van der Waals surface area contributed by atoms with E-state index in [4.69, 9.17) is 4.74 Å². The van der Waals surface area contributed by atoms with Crippen molar-refractivity contribution in [3.8, 4) is 0 Å². The maximum absolute atomic E-state index is 5.19. The lowest BCUT2D eigenvalue weighted by atomic mass is 10.1. The Bertz CT molecular complexity index is 314. The number of ether oxygens (including phenoxy) is 1. The molecule has 1 atom stereocenters. The molecule has 0 spiro atoms. The van der Waals surface area contributed by atoms with Crippen LogP contribution in [-0.4, -0.2) is 13.2 Å². The summed E-state index contributed by atoms with van der Waals surface area (Å²) in [5.41, 5.74) is 2.33. The Morgan fingerprint density at radius 3 is 2.80 bits per heavy atom. The van der Waals surface area contributed by atoms with E-state index < -0.39 is 0 Å². The zero-order valence-electron chi connectivity index (χ0n) is 9.51. The number of hydrogen-bond acceptors (Lipinski definition) is 2. The first kappa shape index (κ1) is 12.5. The topological polar surface area (TPSA) is 21.3 Å². The van der Waals surface area contributed by atoms with Gasteiger partial charge >= 0.3 is 0 Å². The van der Waals surface area contributed by atoms with Gasteiger partial charge in [0.15, 0.2) is 0 Å². The standard InChI is InChI=1S/C12H18BrNO/c1-4-9(2)14-12-7-5-6-11(13)10(12)8-15-3/h5-7,9,14H,4,8H2,1-3H3. The maximum atomic E-state index is 5.19. The Morgan fingerprint density at radius 2 is 2.20 bits per heavy atom. The predicted octanol–water partition coefficient (Wildman–Crippen LogP) is 3.81. The number of benzene rings is 1. The second-order valence-electron chi connectivity index (χ2n) is 3.65. The summed E-state index contributed by atoms with van der Waals surface area (Å²) in [6.07, 6.45) is 1.11. The fraction of sp³-hybridized carbons (Fsp3) is 0.500. The number of hydrogen-bond donors (Lipinski definition) is 1. The number of methoxy groups -OCH3 is 1. The van der Waals surface area contributed by atoms with E-state index in [-0.39, 0.29) is 0 Å². The van der Waals surface area contributed by atoms with Crippen molar-refractivity contribution in [2.75, 3.05) is 12.4 Å². The second-order valence-corrected chi connectivity index (χ2v) is 4.51. The van der Waals surface area contributed by atoms with Crippen LogP contribution in [0, 0.1) is 0 Å². The highest BCUT2D eigenvalue weighted by Gasteiger charge is 2.07. The summed E-state index contributed by atoms with van der Waals surface area (Å²) >= 11 is 3.54. The van der Waals surface area contributed by atoms with E-state index in [1.807, 2.05) is 12.1 Å². The summed E-state index contributed by atoms with van der Waals surface area (Å²) in [7, 11) is 1.71. The lowest BCUT2D eigenvalue weighted by molar-refractivity contribution is 0.185. The largest absolute Gasteiger partial charge is 0.382 e. The SMILES string of the molecule is CCC(C)Nc1cccc(Br)c1COC. The van der Waals surface area contributed by atoms with Crippen molar-refractivity contribution >= 4 is 21.6 Å². The van der Waals surface area contributed by atoms with Gasteiger partial charge in [0.1, 0.15) is 0 Å². The Hall–Kier alpha value is -0.540. The molecule has 0 radical (unpaired) electrons. The van der Waals surface area contributed by atoms with E-state index in [1.165, 1.54) is 5.56 Å². The highest BCUT2D eigenvalue weighted by Crippen LogP contribution is 2.26. The molecule has 15 heavy (non-hydrogen) atoms. The third-order valence-corrected chi connectivity index (χ3v) is 3.16. The predicted molar refractivity (Wildman–Crippen MR) is 68.2 cm³/mol. The molecule has 0 saturated heterocycles. The first-order valence-electron chi connectivity index (χ1n) is 5.21. The Kier molecular flexibility index (Phi) is 5.12. The van der Waals surface area contributed by atoms with Crippen molar-refractivity contribution in [3.63, 3.8) is 0 Å². The highest BCUT2D eigenvalue weighted by molar-refractivity contribution is 9.10. The molecule has 0 fully saturated rings. The minimum atomic E-state index is 0.481. The van der Waals surface area contributed by atoms with E-state index in [1.54, 1.807) is 7.11 Å². The van der Waals surface area contributed by atoms with Crippen LogP contribution in [0.1, 0.15) is 25.8 Å². The molecule has 1 aromatic carbocycles. The van der Waals surface area contributed by atoms with Gasteiger partial charge in [-0.15, -0.1) is 0 Å². The monoisotopic (exact) mass is 271 g/mol. The third-order valence-electron chi connectivity index (χ3n) is 2.42. The Labute approximate surface area is 100 Å². The van der Waals surface area contributed by atoms with Crippen LogP contribution >= 0.6 is 15.9 Å². The minimum Gasteiger partial charge on any atom is -0.382 e. The van der Waals surface area contributed by atoms with Crippen molar-refractivity contribution in [3.05, 3.63) is 28.2 Å². The molecule has 0 aliphatic heterocycles. The van der Waals surface area contributed by atoms with Crippen LogP contribution in [-0.2, 0) is 11.3 Å². The van der Waals surface area contributed by atoms with Gasteiger partial charge in [0.2, 0.25) is 0 Å². The summed E-state index contributed by atoms with van der Waals surface area (Å²) in [5.74, 6) is 0. The second kappa shape index (κ2) is 6.13. The van der Waals surface area contributed by atoms with Gasteiger partial charge in [-0.2, -0.15) is 0 Å². The summed E-state index contributed by atoms with van der Waals surface area (Å²) < 4.78 is 6.29. The summed E-state index contributed by atoms with van der Waals surface area (Å²) in [5, 5.41) is 3.48. The molecule has 0 aromatic heterocycles. The average Bonchev–Trinajstić information content (AvgIpc) is 2.23. The molecule has 0 heterocycles. The molecular weight excluding hydrogens is 254 g/mol. The smallest absolute Gasteiger partial charge is 0.0744 e. The van der Waals surface area contributed by atoms with Crippen LogP contribution < -0.4 is 5.32 Å². The van der Waals surface area contributed by atoms with Crippen molar-refractivity contribution in [2.24, 2.45) is 0 Å². The Balaban J connectivity index is 2.89. The number of rotatable bonds is 5. The van der Waals surface area contributed by atoms with Gasteiger partial charge in [0.05, 0.1) is 6.61 Å². The van der Waals surface area contributed by atoms with E-state index in [0.29, 0.717) is 12.6 Å². The van der Waals surface area contributed by atoms with Crippen LogP contribution in [0.25, 0.3) is 0 Å². The number of halogens is 1. The molecule has 0 aliphatic carbocycles. The van der Waals surface area contributed by atoms with Gasteiger partial charge in [-0.05, 0) is 25.5 Å². The third kappa shape index (κ3) is 3.50. The molecule has 0 aliphatic rings. The molecule has 0 bridgehead atoms. The van der Waals surface area contributed by atoms with Gasteiger partial charge in [0.25, 0.3) is 0 Å². The van der Waals surface area contributed by atoms with Crippen LogP contribution in [0.3, 0.4) is 0 Å². The van der Waals surface area contributed by atoms with E-state index in [9.17, 15) is 0 Å². The summed E-state index contributed by atoms with van der Waals surface area (Å²) in [6, 6.07) is 6.64. The lowest BCUT2D eigenvalue weighted by Gasteiger charge is -2.17. The molecule has 3 heteroatoms.